The first-order valence-electron chi connectivity index (χ1n) is 7.77. The van der Waals surface area contributed by atoms with Gasteiger partial charge in [-0.05, 0) is 49.9 Å². The molecule has 0 atom stereocenters. The molecule has 1 nitrogen and oxygen atoms in total. The van der Waals surface area contributed by atoms with Crippen LogP contribution in [0.15, 0.2) is 58.3 Å². The van der Waals surface area contributed by atoms with Gasteiger partial charge in [-0.2, -0.15) is 0 Å². The molecule has 0 amide bonds. The zero-order chi connectivity index (χ0) is 14.5. The van der Waals surface area contributed by atoms with Gasteiger partial charge in [0.25, 0.3) is 0 Å². The van der Waals surface area contributed by atoms with Gasteiger partial charge in [-0.3, -0.25) is 0 Å². The summed E-state index contributed by atoms with van der Waals surface area (Å²) in [7, 11) is 0. The second kappa shape index (κ2) is 7.04. The van der Waals surface area contributed by atoms with E-state index < -0.39 is 0 Å². The molecule has 110 valence electrons. The maximum absolute atomic E-state index is 6.10. The van der Waals surface area contributed by atoms with Crippen LogP contribution >= 0.6 is 11.8 Å². The summed E-state index contributed by atoms with van der Waals surface area (Å²) in [6, 6.07) is 17.0. The molecular formula is C19H22OS. The minimum Gasteiger partial charge on any atom is -0.492 e. The Morgan fingerprint density at radius 1 is 1.00 bits per heavy atom. The zero-order valence-electron chi connectivity index (χ0n) is 12.5. The van der Waals surface area contributed by atoms with E-state index in [1.807, 2.05) is 0 Å². The lowest BCUT2D eigenvalue weighted by Crippen LogP contribution is -2.08. The summed E-state index contributed by atoms with van der Waals surface area (Å²) >= 11 is 1.78. The van der Waals surface area contributed by atoms with Crippen molar-refractivity contribution in [3.05, 3.63) is 54.1 Å². The van der Waals surface area contributed by atoms with E-state index >= 15 is 0 Å². The highest BCUT2D eigenvalue weighted by molar-refractivity contribution is 7.99. The number of hydrogen-bond acceptors (Lipinski definition) is 2. The molecule has 0 radical (unpaired) electrons. The Labute approximate surface area is 131 Å². The van der Waals surface area contributed by atoms with Crippen molar-refractivity contribution in [3.8, 4) is 5.75 Å². The summed E-state index contributed by atoms with van der Waals surface area (Å²) in [4.78, 5) is 2.47. The van der Waals surface area contributed by atoms with Crippen molar-refractivity contribution in [3.63, 3.8) is 0 Å². The smallest absolute Gasteiger partial charge is 0.133 e. The molecule has 1 aliphatic rings. The molecular weight excluding hydrogens is 276 g/mol. The molecule has 0 saturated heterocycles. The summed E-state index contributed by atoms with van der Waals surface area (Å²) in [6.45, 7) is 2.98. The van der Waals surface area contributed by atoms with Gasteiger partial charge >= 0.3 is 0 Å². The van der Waals surface area contributed by atoms with Crippen LogP contribution in [-0.2, 0) is 0 Å². The van der Waals surface area contributed by atoms with Crippen LogP contribution in [0.2, 0.25) is 0 Å². The Morgan fingerprint density at radius 2 is 1.71 bits per heavy atom. The Bertz CT molecular complexity index is 570. The molecule has 1 fully saturated rings. The van der Waals surface area contributed by atoms with Gasteiger partial charge in [-0.1, -0.05) is 54.4 Å². The monoisotopic (exact) mass is 298 g/mol. The minimum absolute atomic E-state index is 0.752. The molecule has 1 saturated carbocycles. The maximum Gasteiger partial charge on any atom is 0.133 e. The largest absolute Gasteiger partial charge is 0.492 e. The van der Waals surface area contributed by atoms with Crippen molar-refractivity contribution < 1.29 is 4.74 Å². The summed E-state index contributed by atoms with van der Waals surface area (Å²) in [5.74, 6) is 1.78. The number of benzene rings is 2. The summed E-state index contributed by atoms with van der Waals surface area (Å²) in [6.07, 6.45) is 5.39. The van der Waals surface area contributed by atoms with E-state index in [1.165, 1.54) is 41.0 Å². The van der Waals surface area contributed by atoms with Gasteiger partial charge in [-0.15, -0.1) is 0 Å². The SMILES string of the molecule is Cc1ccc(Sc2ccccc2OCC2CCCC2)cc1. The average molecular weight is 298 g/mol. The highest BCUT2D eigenvalue weighted by Crippen LogP contribution is 2.35. The second-order valence-electron chi connectivity index (χ2n) is 5.82. The number of rotatable bonds is 5. The van der Waals surface area contributed by atoms with Crippen LogP contribution in [-0.4, -0.2) is 6.61 Å². The molecule has 0 N–H and O–H groups in total. The molecule has 3 rings (SSSR count). The Kier molecular flexibility index (Phi) is 4.87. The van der Waals surface area contributed by atoms with Crippen molar-refractivity contribution in [1.82, 2.24) is 0 Å². The maximum atomic E-state index is 6.10. The normalized spacial score (nSPS) is 15.3. The topological polar surface area (TPSA) is 9.23 Å². The number of hydrogen-bond donors (Lipinski definition) is 0. The fourth-order valence-corrected chi connectivity index (χ4v) is 3.67. The summed E-state index contributed by atoms with van der Waals surface area (Å²) in [5, 5.41) is 0. The molecule has 0 aromatic heterocycles. The van der Waals surface area contributed by atoms with Gasteiger partial charge in [0.1, 0.15) is 5.75 Å². The molecule has 0 unspecified atom stereocenters. The number of ether oxygens (including phenoxy) is 1. The van der Waals surface area contributed by atoms with Crippen molar-refractivity contribution in [2.45, 2.75) is 42.4 Å². The Hall–Kier alpha value is -1.41. The Morgan fingerprint density at radius 3 is 2.48 bits per heavy atom. The van der Waals surface area contributed by atoms with E-state index in [0.29, 0.717) is 0 Å². The lowest BCUT2D eigenvalue weighted by atomic mass is 10.1. The van der Waals surface area contributed by atoms with Gasteiger partial charge in [0, 0.05) is 4.90 Å². The third-order valence-corrected chi connectivity index (χ3v) is 5.11. The van der Waals surface area contributed by atoms with Crippen molar-refractivity contribution >= 4 is 11.8 Å². The minimum atomic E-state index is 0.752. The number of aryl methyl sites for hydroxylation is 1. The molecule has 2 aromatic rings. The van der Waals surface area contributed by atoms with Gasteiger partial charge in [0.15, 0.2) is 0 Å². The molecule has 2 aromatic carbocycles. The predicted molar refractivity (Wildman–Crippen MR) is 89.2 cm³/mol. The van der Waals surface area contributed by atoms with E-state index in [0.717, 1.165) is 18.3 Å². The standard InChI is InChI=1S/C19H22OS/c1-15-10-12-17(13-11-15)21-19-9-5-4-8-18(19)20-14-16-6-2-3-7-16/h4-5,8-13,16H,2-3,6-7,14H2,1H3. The third-order valence-electron chi connectivity index (χ3n) is 4.05. The van der Waals surface area contributed by atoms with Crippen LogP contribution in [0.25, 0.3) is 0 Å². The fraction of sp³-hybridized carbons (Fsp3) is 0.368. The molecule has 2 heteroatoms. The quantitative estimate of drug-likeness (QED) is 0.698. The second-order valence-corrected chi connectivity index (χ2v) is 6.94. The van der Waals surface area contributed by atoms with E-state index in [4.69, 9.17) is 4.74 Å². The van der Waals surface area contributed by atoms with Crippen molar-refractivity contribution in [2.75, 3.05) is 6.61 Å². The van der Waals surface area contributed by atoms with Gasteiger partial charge in [-0.25, -0.2) is 0 Å². The van der Waals surface area contributed by atoms with E-state index in [-0.39, 0.29) is 0 Å². The number of para-hydroxylation sites is 1. The lowest BCUT2D eigenvalue weighted by Gasteiger charge is -2.14. The highest BCUT2D eigenvalue weighted by Gasteiger charge is 2.16. The van der Waals surface area contributed by atoms with Crippen LogP contribution < -0.4 is 4.74 Å². The molecule has 0 spiro atoms. The van der Waals surface area contributed by atoms with Crippen LogP contribution in [0.3, 0.4) is 0 Å². The van der Waals surface area contributed by atoms with Gasteiger partial charge in [0.05, 0.1) is 11.5 Å². The van der Waals surface area contributed by atoms with E-state index in [1.54, 1.807) is 11.8 Å². The van der Waals surface area contributed by atoms with Crippen LogP contribution in [0, 0.1) is 12.8 Å². The fourth-order valence-electron chi connectivity index (χ4n) is 2.77. The highest BCUT2D eigenvalue weighted by atomic mass is 32.2. The summed E-state index contributed by atoms with van der Waals surface area (Å²) in [5.41, 5.74) is 1.30. The van der Waals surface area contributed by atoms with Crippen molar-refractivity contribution in [2.24, 2.45) is 5.92 Å². The first-order valence-corrected chi connectivity index (χ1v) is 8.59. The van der Waals surface area contributed by atoms with Crippen LogP contribution in [0.1, 0.15) is 31.2 Å². The summed E-state index contributed by atoms with van der Waals surface area (Å²) < 4.78 is 6.10. The lowest BCUT2D eigenvalue weighted by molar-refractivity contribution is 0.247. The van der Waals surface area contributed by atoms with Gasteiger partial charge < -0.3 is 4.74 Å². The molecule has 0 bridgehead atoms. The van der Waals surface area contributed by atoms with E-state index in [9.17, 15) is 0 Å². The average Bonchev–Trinajstić information content (AvgIpc) is 3.02. The van der Waals surface area contributed by atoms with Crippen LogP contribution in [0.4, 0.5) is 0 Å². The zero-order valence-corrected chi connectivity index (χ0v) is 13.4. The molecule has 0 aliphatic heterocycles. The molecule has 0 heterocycles. The third kappa shape index (κ3) is 4.04. The Balaban J connectivity index is 1.68. The first kappa shape index (κ1) is 14.5. The first-order chi connectivity index (χ1) is 10.3. The van der Waals surface area contributed by atoms with Crippen LogP contribution in [0.5, 0.6) is 5.75 Å². The molecule has 21 heavy (non-hydrogen) atoms. The predicted octanol–water partition coefficient (Wildman–Crippen LogP) is 5.72. The van der Waals surface area contributed by atoms with Crippen molar-refractivity contribution in [1.29, 1.82) is 0 Å². The van der Waals surface area contributed by atoms with E-state index in [2.05, 4.69) is 55.5 Å². The molecule has 1 aliphatic carbocycles. The van der Waals surface area contributed by atoms with Gasteiger partial charge in [0.2, 0.25) is 0 Å².